The molecule has 0 atom stereocenters. The van der Waals surface area contributed by atoms with E-state index >= 15 is 0 Å². The van der Waals surface area contributed by atoms with Crippen LogP contribution in [-0.4, -0.2) is 86.3 Å². The molecule has 0 spiro atoms. The van der Waals surface area contributed by atoms with Crippen molar-refractivity contribution in [2.24, 2.45) is 10.2 Å². The Hall–Kier alpha value is -3.38. The lowest BCUT2D eigenvalue weighted by Gasteiger charge is -2.22. The van der Waals surface area contributed by atoms with E-state index in [0.29, 0.717) is 5.06 Å². The number of azide groups is 2. The predicted octanol–water partition coefficient (Wildman–Crippen LogP) is 0.856. The normalized spacial score (nSPS) is 12.8. The Morgan fingerprint density at radius 1 is 0.903 bits per heavy atom. The Bertz CT molecular complexity index is 689. The first-order chi connectivity index (χ1) is 15.0. The summed E-state index contributed by atoms with van der Waals surface area (Å²) in [6.45, 7) is 1.45. The van der Waals surface area contributed by atoms with Crippen molar-refractivity contribution >= 4 is 23.7 Å². The van der Waals surface area contributed by atoms with Gasteiger partial charge in [-0.1, -0.05) is 10.2 Å². The second-order valence-corrected chi connectivity index (χ2v) is 6.06. The number of ether oxygens (including phenoxy) is 2. The summed E-state index contributed by atoms with van der Waals surface area (Å²) in [5.41, 5.74) is 16.4. The van der Waals surface area contributed by atoms with Crippen LogP contribution in [0.5, 0.6) is 0 Å². The molecule has 0 radical (unpaired) electrons. The molecule has 0 aromatic rings. The molecule has 3 amide bonds. The maximum atomic E-state index is 12.5. The second kappa shape index (κ2) is 15.5. The van der Waals surface area contributed by atoms with Crippen LogP contribution < -0.4 is 0 Å². The Kier molecular flexibility index (Phi) is 12.8. The van der Waals surface area contributed by atoms with Crippen LogP contribution in [0.1, 0.15) is 25.7 Å². The van der Waals surface area contributed by atoms with Crippen molar-refractivity contribution in [1.29, 1.82) is 0 Å². The van der Waals surface area contributed by atoms with Crippen molar-refractivity contribution < 1.29 is 33.5 Å². The quantitative estimate of drug-likeness (QED) is 0.111. The Morgan fingerprint density at radius 3 is 1.90 bits per heavy atom. The minimum atomic E-state index is -0.867. The molecule has 15 heteroatoms. The van der Waals surface area contributed by atoms with Crippen molar-refractivity contribution in [3.63, 3.8) is 0 Å². The van der Waals surface area contributed by atoms with E-state index in [2.05, 4.69) is 20.1 Å². The molecule has 0 aromatic heterocycles. The SMILES string of the molecule is [N-]=[N+]=NCCOCCN(CCOCCN=[N+]=[N-])C(=O)CCC(=O)ON1C(=O)CCC1=O. The fraction of sp³-hybridized carbons (Fsp3) is 0.750. The molecule has 0 N–H and O–H groups in total. The highest BCUT2D eigenvalue weighted by Crippen LogP contribution is 2.13. The van der Waals surface area contributed by atoms with Crippen LogP contribution in [0.25, 0.3) is 20.9 Å². The molecular formula is C16H24N8O7. The predicted molar refractivity (Wildman–Crippen MR) is 103 cm³/mol. The van der Waals surface area contributed by atoms with Crippen LogP contribution in [0.15, 0.2) is 10.2 Å². The average Bonchev–Trinajstić information content (AvgIpc) is 3.07. The molecule has 15 nitrogen and oxygen atoms in total. The topological polar surface area (TPSA) is 200 Å². The molecule has 0 saturated carbocycles. The monoisotopic (exact) mass is 440 g/mol. The van der Waals surface area contributed by atoms with Crippen LogP contribution in [0.4, 0.5) is 0 Å². The van der Waals surface area contributed by atoms with Gasteiger partial charge in [-0.2, -0.15) is 0 Å². The highest BCUT2D eigenvalue weighted by Gasteiger charge is 2.32. The number of hydrogen-bond donors (Lipinski definition) is 0. The van der Waals surface area contributed by atoms with Gasteiger partial charge in [-0.05, 0) is 11.1 Å². The van der Waals surface area contributed by atoms with E-state index in [1.807, 2.05) is 0 Å². The van der Waals surface area contributed by atoms with E-state index in [1.54, 1.807) is 0 Å². The van der Waals surface area contributed by atoms with Crippen LogP contribution in [0, 0.1) is 0 Å². The van der Waals surface area contributed by atoms with Gasteiger partial charge in [0.1, 0.15) is 0 Å². The van der Waals surface area contributed by atoms with Gasteiger partial charge in [0.2, 0.25) is 5.91 Å². The molecule has 0 unspecified atom stereocenters. The van der Waals surface area contributed by atoms with Crippen LogP contribution in [-0.2, 0) is 33.5 Å². The number of carbonyl (C=O) groups is 4. The van der Waals surface area contributed by atoms with Gasteiger partial charge in [0.25, 0.3) is 11.8 Å². The van der Waals surface area contributed by atoms with Crippen molar-refractivity contribution in [3.05, 3.63) is 20.9 Å². The first-order valence-electron chi connectivity index (χ1n) is 9.51. The summed E-state index contributed by atoms with van der Waals surface area (Å²) in [7, 11) is 0. The lowest BCUT2D eigenvalue weighted by molar-refractivity contribution is -0.197. The van der Waals surface area contributed by atoms with Gasteiger partial charge in [-0.25, -0.2) is 4.79 Å². The molecular weight excluding hydrogens is 416 g/mol. The number of amides is 3. The van der Waals surface area contributed by atoms with Gasteiger partial charge < -0.3 is 19.2 Å². The van der Waals surface area contributed by atoms with E-state index in [0.717, 1.165) is 0 Å². The summed E-state index contributed by atoms with van der Waals surface area (Å²) in [5, 5.41) is 7.09. The summed E-state index contributed by atoms with van der Waals surface area (Å²) in [6.07, 6.45) is -0.551. The molecule has 1 aliphatic rings. The maximum absolute atomic E-state index is 12.5. The summed E-state index contributed by atoms with van der Waals surface area (Å²) in [4.78, 5) is 58.6. The Balaban J connectivity index is 2.44. The highest BCUT2D eigenvalue weighted by atomic mass is 16.7. The van der Waals surface area contributed by atoms with E-state index in [1.165, 1.54) is 4.90 Å². The lowest BCUT2D eigenvalue weighted by Crippen LogP contribution is -2.37. The molecule has 170 valence electrons. The number of imide groups is 1. The number of hydroxylamine groups is 2. The fourth-order valence-corrected chi connectivity index (χ4v) is 2.39. The van der Waals surface area contributed by atoms with Crippen LogP contribution >= 0.6 is 0 Å². The van der Waals surface area contributed by atoms with Crippen molar-refractivity contribution in [1.82, 2.24) is 9.96 Å². The van der Waals surface area contributed by atoms with Crippen molar-refractivity contribution in [3.8, 4) is 0 Å². The van der Waals surface area contributed by atoms with Gasteiger partial charge in [0.15, 0.2) is 0 Å². The second-order valence-electron chi connectivity index (χ2n) is 6.06. The Labute approximate surface area is 177 Å². The van der Waals surface area contributed by atoms with E-state index in [9.17, 15) is 19.2 Å². The third-order valence-corrected chi connectivity index (χ3v) is 3.90. The van der Waals surface area contributed by atoms with Gasteiger partial charge in [-0.15, -0.1) is 5.06 Å². The van der Waals surface area contributed by atoms with Crippen LogP contribution in [0.3, 0.4) is 0 Å². The van der Waals surface area contributed by atoms with Gasteiger partial charge in [0.05, 0.1) is 32.8 Å². The molecule has 1 heterocycles. The maximum Gasteiger partial charge on any atom is 0.333 e. The number of rotatable bonds is 16. The molecule has 0 aromatic carbocycles. The molecule has 1 saturated heterocycles. The minimum absolute atomic E-state index is 0.0157. The first-order valence-corrected chi connectivity index (χ1v) is 9.51. The number of hydrogen-bond acceptors (Lipinski definition) is 9. The molecule has 0 bridgehead atoms. The standard InChI is InChI=1S/C16H24N8O7/c17-21-19-5-9-29-11-7-23(8-12-30-10-6-20-22-18)13(25)3-4-16(28)31-24-14(26)1-2-15(24)27/h1-12H2. The van der Waals surface area contributed by atoms with Crippen LogP contribution in [0.2, 0.25) is 0 Å². The van der Waals surface area contributed by atoms with Crippen molar-refractivity contribution in [2.45, 2.75) is 25.7 Å². The minimum Gasteiger partial charge on any atom is -0.379 e. The van der Waals surface area contributed by atoms with E-state index < -0.39 is 17.8 Å². The lowest BCUT2D eigenvalue weighted by atomic mass is 10.2. The van der Waals surface area contributed by atoms with Gasteiger partial charge in [0, 0.05) is 55.3 Å². The largest absolute Gasteiger partial charge is 0.379 e. The zero-order valence-corrected chi connectivity index (χ0v) is 16.9. The summed E-state index contributed by atoms with van der Waals surface area (Å²) >= 11 is 0. The molecule has 31 heavy (non-hydrogen) atoms. The number of nitrogens with zero attached hydrogens (tertiary/aromatic N) is 8. The van der Waals surface area contributed by atoms with Crippen molar-refractivity contribution in [2.75, 3.05) is 52.6 Å². The molecule has 1 aliphatic heterocycles. The smallest absolute Gasteiger partial charge is 0.333 e. The summed E-state index contributed by atoms with van der Waals surface area (Å²) in [5.74, 6) is -2.44. The van der Waals surface area contributed by atoms with Gasteiger partial charge >= 0.3 is 5.97 Å². The molecule has 0 aliphatic carbocycles. The zero-order valence-electron chi connectivity index (χ0n) is 16.9. The van der Waals surface area contributed by atoms with Gasteiger partial charge in [-0.3, -0.25) is 14.4 Å². The average molecular weight is 440 g/mol. The first kappa shape index (κ1) is 25.7. The summed E-state index contributed by atoms with van der Waals surface area (Å²) < 4.78 is 10.6. The third kappa shape index (κ3) is 10.8. The number of carbonyl (C=O) groups excluding carboxylic acids is 4. The fourth-order valence-electron chi connectivity index (χ4n) is 2.39. The Morgan fingerprint density at radius 2 is 1.42 bits per heavy atom. The third-order valence-electron chi connectivity index (χ3n) is 3.90. The summed E-state index contributed by atoms with van der Waals surface area (Å²) in [6, 6.07) is 0. The highest BCUT2D eigenvalue weighted by molar-refractivity contribution is 6.01. The zero-order chi connectivity index (χ0) is 22.9. The molecule has 1 fully saturated rings. The van der Waals surface area contributed by atoms with E-state index in [4.69, 9.17) is 25.4 Å². The molecule has 1 rings (SSSR count). The van der Waals surface area contributed by atoms with E-state index in [-0.39, 0.29) is 84.2 Å².